The standard InChI is InChI=1S/C21H15N7O3S/c29-20(24-13-3-5-14(6-4-13)28-12-22-11-23-28)17-7-8-18(32-17)21(30)25-19-10-15(26-27-19)16-2-1-9-31-16/h1-12H,(H,24,29)(H2,25,26,27,30). The van der Waals surface area contributed by atoms with Gasteiger partial charge in [-0.2, -0.15) is 10.2 Å². The van der Waals surface area contributed by atoms with E-state index in [2.05, 4.69) is 30.9 Å². The van der Waals surface area contributed by atoms with Crippen molar-refractivity contribution in [2.45, 2.75) is 0 Å². The lowest BCUT2D eigenvalue weighted by molar-refractivity contribution is 0.102. The fourth-order valence-corrected chi connectivity index (χ4v) is 3.73. The maximum absolute atomic E-state index is 12.6. The summed E-state index contributed by atoms with van der Waals surface area (Å²) >= 11 is 1.09. The maximum Gasteiger partial charge on any atom is 0.266 e. The van der Waals surface area contributed by atoms with Crippen LogP contribution < -0.4 is 10.6 Å². The molecule has 0 radical (unpaired) electrons. The molecular weight excluding hydrogens is 430 g/mol. The average Bonchev–Trinajstić information content (AvgIpc) is 3.61. The number of hydrogen-bond acceptors (Lipinski definition) is 7. The van der Waals surface area contributed by atoms with E-state index in [1.165, 1.54) is 6.33 Å². The zero-order valence-electron chi connectivity index (χ0n) is 16.4. The molecule has 3 N–H and O–H groups in total. The molecule has 4 heterocycles. The summed E-state index contributed by atoms with van der Waals surface area (Å²) in [5.74, 6) is 0.307. The first-order valence-electron chi connectivity index (χ1n) is 9.42. The molecule has 158 valence electrons. The predicted molar refractivity (Wildman–Crippen MR) is 118 cm³/mol. The van der Waals surface area contributed by atoms with Gasteiger partial charge in [-0.05, 0) is 48.5 Å². The number of nitrogens with zero attached hydrogens (tertiary/aromatic N) is 4. The molecule has 0 spiro atoms. The number of amides is 2. The van der Waals surface area contributed by atoms with E-state index in [0.717, 1.165) is 17.0 Å². The van der Waals surface area contributed by atoms with Crippen LogP contribution in [0.25, 0.3) is 17.1 Å². The van der Waals surface area contributed by atoms with E-state index in [-0.39, 0.29) is 11.8 Å². The van der Waals surface area contributed by atoms with Gasteiger partial charge >= 0.3 is 0 Å². The number of carbonyl (C=O) groups is 2. The molecule has 1 aromatic carbocycles. The molecule has 0 saturated carbocycles. The summed E-state index contributed by atoms with van der Waals surface area (Å²) in [4.78, 5) is 29.8. The van der Waals surface area contributed by atoms with Crippen LogP contribution in [-0.2, 0) is 0 Å². The number of hydrogen-bond donors (Lipinski definition) is 3. The van der Waals surface area contributed by atoms with Crippen LogP contribution in [0.15, 0.2) is 77.9 Å². The predicted octanol–water partition coefficient (Wildman–Crippen LogP) is 3.82. The third-order valence-electron chi connectivity index (χ3n) is 4.47. The molecule has 0 aliphatic rings. The summed E-state index contributed by atoms with van der Waals surface area (Å²) in [5, 5.41) is 16.4. The Bertz CT molecular complexity index is 1350. The zero-order valence-corrected chi connectivity index (χ0v) is 17.2. The van der Waals surface area contributed by atoms with Crippen molar-refractivity contribution in [3.63, 3.8) is 0 Å². The minimum absolute atomic E-state index is 0.303. The maximum atomic E-state index is 12.6. The Morgan fingerprint density at radius 2 is 1.78 bits per heavy atom. The van der Waals surface area contributed by atoms with Crippen molar-refractivity contribution in [1.82, 2.24) is 25.0 Å². The number of thiophene rings is 1. The summed E-state index contributed by atoms with van der Waals surface area (Å²) < 4.78 is 6.91. The van der Waals surface area contributed by atoms with Gasteiger partial charge in [0.05, 0.1) is 21.7 Å². The van der Waals surface area contributed by atoms with E-state index in [4.69, 9.17) is 4.42 Å². The zero-order chi connectivity index (χ0) is 21.9. The molecule has 32 heavy (non-hydrogen) atoms. The topological polar surface area (TPSA) is 131 Å². The van der Waals surface area contributed by atoms with Gasteiger partial charge < -0.3 is 15.1 Å². The summed E-state index contributed by atoms with van der Waals surface area (Å²) in [6.07, 6.45) is 4.59. The van der Waals surface area contributed by atoms with Crippen LogP contribution in [0.2, 0.25) is 0 Å². The van der Waals surface area contributed by atoms with Gasteiger partial charge in [0.15, 0.2) is 11.6 Å². The second kappa shape index (κ2) is 8.32. The number of aromatic nitrogens is 5. The molecule has 0 bridgehead atoms. The van der Waals surface area contributed by atoms with Gasteiger partial charge in [-0.1, -0.05) is 0 Å². The van der Waals surface area contributed by atoms with Crippen LogP contribution >= 0.6 is 11.3 Å². The Balaban J connectivity index is 1.22. The Hall–Kier alpha value is -4.51. The van der Waals surface area contributed by atoms with Crippen LogP contribution in [0, 0.1) is 0 Å². The lowest BCUT2D eigenvalue weighted by Gasteiger charge is -2.05. The lowest BCUT2D eigenvalue weighted by Crippen LogP contribution is -2.11. The first kappa shape index (κ1) is 19.5. The third kappa shape index (κ3) is 4.04. The normalized spacial score (nSPS) is 10.8. The third-order valence-corrected chi connectivity index (χ3v) is 5.55. The van der Waals surface area contributed by atoms with Crippen LogP contribution in [-0.4, -0.2) is 36.8 Å². The molecule has 2 amide bonds. The molecule has 0 saturated heterocycles. The fourth-order valence-electron chi connectivity index (χ4n) is 2.94. The number of rotatable bonds is 6. The average molecular weight is 445 g/mol. The molecule has 0 aliphatic heterocycles. The smallest absolute Gasteiger partial charge is 0.266 e. The SMILES string of the molecule is O=C(Nc1ccc(-n2cncn2)cc1)c1ccc(C(=O)Nc2cc(-c3ccco3)[nH]n2)s1. The van der Waals surface area contributed by atoms with E-state index < -0.39 is 0 Å². The number of nitrogens with one attached hydrogen (secondary N) is 3. The van der Waals surface area contributed by atoms with Crippen molar-refractivity contribution in [1.29, 1.82) is 0 Å². The van der Waals surface area contributed by atoms with Crippen molar-refractivity contribution < 1.29 is 14.0 Å². The molecule has 4 aromatic heterocycles. The van der Waals surface area contributed by atoms with E-state index >= 15 is 0 Å². The van der Waals surface area contributed by atoms with E-state index in [1.807, 2.05) is 12.1 Å². The van der Waals surface area contributed by atoms with E-state index in [1.54, 1.807) is 59.7 Å². The molecule has 5 rings (SSSR count). The number of H-pyrrole nitrogens is 1. The fraction of sp³-hybridized carbons (Fsp3) is 0. The van der Waals surface area contributed by atoms with Crippen LogP contribution in [0.3, 0.4) is 0 Å². The highest BCUT2D eigenvalue weighted by Crippen LogP contribution is 2.23. The molecule has 5 aromatic rings. The van der Waals surface area contributed by atoms with Gasteiger partial charge in [0.2, 0.25) is 0 Å². The second-order valence-corrected chi connectivity index (χ2v) is 7.69. The quantitative estimate of drug-likeness (QED) is 0.364. The molecule has 0 unspecified atom stereocenters. The van der Waals surface area contributed by atoms with Crippen molar-refractivity contribution in [3.8, 4) is 17.1 Å². The van der Waals surface area contributed by atoms with Crippen LogP contribution in [0.5, 0.6) is 0 Å². The second-order valence-electron chi connectivity index (χ2n) is 6.60. The number of aromatic amines is 1. The number of benzene rings is 1. The van der Waals surface area contributed by atoms with Crippen molar-refractivity contribution in [2.24, 2.45) is 0 Å². The molecule has 10 nitrogen and oxygen atoms in total. The van der Waals surface area contributed by atoms with Gasteiger partial charge in [-0.3, -0.25) is 14.7 Å². The highest BCUT2D eigenvalue weighted by Gasteiger charge is 2.16. The van der Waals surface area contributed by atoms with Gasteiger partial charge in [0, 0.05) is 11.8 Å². The monoisotopic (exact) mass is 445 g/mol. The first-order valence-corrected chi connectivity index (χ1v) is 10.2. The lowest BCUT2D eigenvalue weighted by atomic mass is 10.2. The Kier molecular flexibility index (Phi) is 5.06. The largest absolute Gasteiger partial charge is 0.463 e. The Morgan fingerprint density at radius 3 is 2.47 bits per heavy atom. The summed E-state index contributed by atoms with van der Waals surface area (Å²) in [7, 11) is 0. The summed E-state index contributed by atoms with van der Waals surface area (Å²) in [6, 6.07) is 15.6. The van der Waals surface area contributed by atoms with Gasteiger partial charge in [0.25, 0.3) is 11.8 Å². The summed E-state index contributed by atoms with van der Waals surface area (Å²) in [5.41, 5.74) is 2.09. The molecule has 0 aliphatic carbocycles. The highest BCUT2D eigenvalue weighted by atomic mass is 32.1. The van der Waals surface area contributed by atoms with E-state index in [0.29, 0.717) is 32.7 Å². The minimum atomic E-state index is -0.358. The number of furan rings is 1. The van der Waals surface area contributed by atoms with Crippen molar-refractivity contribution in [3.05, 3.63) is 83.3 Å². The van der Waals surface area contributed by atoms with Gasteiger partial charge in [0.1, 0.15) is 18.3 Å². The van der Waals surface area contributed by atoms with Crippen LogP contribution in [0.4, 0.5) is 11.5 Å². The molecule has 11 heteroatoms. The Morgan fingerprint density at radius 1 is 1.00 bits per heavy atom. The Labute approximate surface area is 184 Å². The molecular formula is C21H15N7O3S. The molecule has 0 fully saturated rings. The van der Waals surface area contributed by atoms with Gasteiger partial charge in [-0.25, -0.2) is 9.67 Å². The van der Waals surface area contributed by atoms with Gasteiger partial charge in [-0.15, -0.1) is 11.3 Å². The minimum Gasteiger partial charge on any atom is -0.463 e. The first-order chi connectivity index (χ1) is 15.7. The van der Waals surface area contributed by atoms with Crippen molar-refractivity contribution in [2.75, 3.05) is 10.6 Å². The number of anilines is 2. The number of carbonyl (C=O) groups excluding carboxylic acids is 2. The highest BCUT2D eigenvalue weighted by molar-refractivity contribution is 7.16. The molecule has 0 atom stereocenters. The van der Waals surface area contributed by atoms with Crippen molar-refractivity contribution >= 4 is 34.7 Å². The van der Waals surface area contributed by atoms with Crippen LogP contribution in [0.1, 0.15) is 19.3 Å². The summed E-state index contributed by atoms with van der Waals surface area (Å²) in [6.45, 7) is 0. The van der Waals surface area contributed by atoms with E-state index in [9.17, 15) is 9.59 Å².